The number of nitrogens with one attached hydrogen (secondary N) is 1. The van der Waals surface area contributed by atoms with Crippen LogP contribution in [-0.2, 0) is 0 Å². The summed E-state index contributed by atoms with van der Waals surface area (Å²) in [5.41, 5.74) is 7.90. The molecule has 0 aromatic heterocycles. The lowest BCUT2D eigenvalue weighted by Crippen LogP contribution is -2.45. The second kappa shape index (κ2) is 7.18. The van der Waals surface area contributed by atoms with Crippen LogP contribution in [0.2, 0.25) is 0 Å². The predicted molar refractivity (Wildman–Crippen MR) is 92.8 cm³/mol. The summed E-state index contributed by atoms with van der Waals surface area (Å²) in [5, 5.41) is 7.98. The lowest BCUT2D eigenvalue weighted by Gasteiger charge is -2.38. The summed E-state index contributed by atoms with van der Waals surface area (Å²) < 4.78 is 0. The van der Waals surface area contributed by atoms with Crippen LogP contribution in [-0.4, -0.2) is 49.7 Å². The molecule has 0 radical (unpaired) electrons. The molecular weight excluding hydrogens is 280 g/mol. The number of hydrogen-bond donors (Lipinski definition) is 2. The van der Waals surface area contributed by atoms with Gasteiger partial charge in [-0.3, -0.25) is 5.41 Å². The van der Waals surface area contributed by atoms with Crippen molar-refractivity contribution >= 4 is 23.3 Å². The van der Waals surface area contributed by atoms with Crippen molar-refractivity contribution in [3.05, 3.63) is 23.8 Å². The minimum absolute atomic E-state index is 0.175. The Bertz CT molecular complexity index is 501. The van der Waals surface area contributed by atoms with Crippen LogP contribution < -0.4 is 10.6 Å². The number of nitrogens with two attached hydrogens (primary N) is 1. The highest BCUT2D eigenvalue weighted by molar-refractivity contribution is 7.99. The molecule has 2 rings (SSSR count). The van der Waals surface area contributed by atoms with Gasteiger partial charge in [-0.1, -0.05) is 13.0 Å². The first kappa shape index (κ1) is 16.2. The van der Waals surface area contributed by atoms with Crippen molar-refractivity contribution in [2.75, 3.05) is 37.8 Å². The molecule has 0 amide bonds. The van der Waals surface area contributed by atoms with Gasteiger partial charge < -0.3 is 15.5 Å². The Morgan fingerprint density at radius 2 is 2.24 bits per heavy atom. The van der Waals surface area contributed by atoms with Gasteiger partial charge in [0.15, 0.2) is 0 Å². The number of hydrogen-bond acceptors (Lipinski definition) is 4. The first-order chi connectivity index (χ1) is 10.0. The molecule has 21 heavy (non-hydrogen) atoms. The third kappa shape index (κ3) is 3.71. The fraction of sp³-hybridized carbons (Fsp3) is 0.562. The molecular formula is C16H26N4S. The number of benzene rings is 1. The van der Waals surface area contributed by atoms with E-state index in [0.717, 1.165) is 35.0 Å². The van der Waals surface area contributed by atoms with E-state index in [9.17, 15) is 0 Å². The van der Waals surface area contributed by atoms with Crippen molar-refractivity contribution < 1.29 is 0 Å². The van der Waals surface area contributed by atoms with Crippen LogP contribution in [0.4, 0.5) is 5.69 Å². The van der Waals surface area contributed by atoms with E-state index < -0.39 is 0 Å². The summed E-state index contributed by atoms with van der Waals surface area (Å²) in [4.78, 5) is 5.81. The SMILES string of the molecule is CCSc1cccc(N2CCCC(N(C)C)C2)c1C(=N)N. The molecule has 1 unspecified atom stereocenters. The smallest absolute Gasteiger partial charge is 0.126 e. The number of nitrogens with zero attached hydrogens (tertiary/aromatic N) is 2. The average Bonchev–Trinajstić information content (AvgIpc) is 2.47. The number of likely N-dealkylation sites (N-methyl/N-ethyl adjacent to an activating group) is 1. The minimum Gasteiger partial charge on any atom is -0.384 e. The summed E-state index contributed by atoms with van der Waals surface area (Å²) in [5.74, 6) is 1.16. The van der Waals surface area contributed by atoms with Crippen molar-refractivity contribution in [2.24, 2.45) is 5.73 Å². The van der Waals surface area contributed by atoms with Crippen LogP contribution in [0.5, 0.6) is 0 Å². The predicted octanol–water partition coefficient (Wildman–Crippen LogP) is 2.61. The molecule has 1 aromatic rings. The lowest BCUT2D eigenvalue weighted by atomic mass is 10.0. The van der Waals surface area contributed by atoms with Crippen LogP contribution in [0.1, 0.15) is 25.3 Å². The van der Waals surface area contributed by atoms with Crippen LogP contribution in [0, 0.1) is 5.41 Å². The van der Waals surface area contributed by atoms with Crippen LogP contribution in [0.15, 0.2) is 23.1 Å². The normalized spacial score (nSPS) is 19.0. The van der Waals surface area contributed by atoms with Gasteiger partial charge in [0, 0.05) is 29.7 Å². The molecule has 0 saturated carbocycles. The first-order valence-electron chi connectivity index (χ1n) is 7.56. The molecule has 5 heteroatoms. The van der Waals surface area contributed by atoms with Gasteiger partial charge in [0.1, 0.15) is 5.84 Å². The summed E-state index contributed by atoms with van der Waals surface area (Å²) in [6, 6.07) is 6.83. The largest absolute Gasteiger partial charge is 0.384 e. The quantitative estimate of drug-likeness (QED) is 0.499. The Kier molecular flexibility index (Phi) is 5.53. The number of nitrogen functional groups attached to an aromatic ring is 1. The first-order valence-corrected chi connectivity index (χ1v) is 8.54. The summed E-state index contributed by atoms with van der Waals surface area (Å²) in [6.07, 6.45) is 2.42. The van der Waals surface area contributed by atoms with E-state index in [1.165, 1.54) is 12.8 Å². The van der Waals surface area contributed by atoms with Gasteiger partial charge in [-0.25, -0.2) is 0 Å². The molecule has 1 atom stereocenters. The van der Waals surface area contributed by atoms with Gasteiger partial charge in [0.2, 0.25) is 0 Å². The van der Waals surface area contributed by atoms with E-state index in [1.807, 2.05) is 0 Å². The Hall–Kier alpha value is -1.20. The topological polar surface area (TPSA) is 56.4 Å². The summed E-state index contributed by atoms with van der Waals surface area (Å²) in [7, 11) is 4.28. The molecule has 0 spiro atoms. The van der Waals surface area contributed by atoms with E-state index in [-0.39, 0.29) is 5.84 Å². The molecule has 3 N–H and O–H groups in total. The third-order valence-corrected chi connectivity index (χ3v) is 4.98. The zero-order chi connectivity index (χ0) is 15.4. The molecule has 116 valence electrons. The molecule has 1 aliphatic rings. The fourth-order valence-electron chi connectivity index (χ4n) is 2.92. The monoisotopic (exact) mass is 306 g/mol. The molecule has 1 fully saturated rings. The zero-order valence-electron chi connectivity index (χ0n) is 13.2. The molecule has 0 bridgehead atoms. The van der Waals surface area contributed by atoms with E-state index in [2.05, 4.69) is 49.0 Å². The highest BCUT2D eigenvalue weighted by Crippen LogP contribution is 2.32. The Balaban J connectivity index is 2.34. The lowest BCUT2D eigenvalue weighted by molar-refractivity contribution is 0.258. The number of amidine groups is 1. The van der Waals surface area contributed by atoms with E-state index in [4.69, 9.17) is 11.1 Å². The van der Waals surface area contributed by atoms with Crippen molar-refractivity contribution in [3.8, 4) is 0 Å². The Morgan fingerprint density at radius 3 is 2.86 bits per heavy atom. The van der Waals surface area contributed by atoms with E-state index in [1.54, 1.807) is 11.8 Å². The maximum absolute atomic E-state index is 7.98. The Morgan fingerprint density at radius 1 is 1.48 bits per heavy atom. The number of piperidine rings is 1. The standard InChI is InChI=1S/C16H26N4S/c1-4-21-14-9-5-8-13(15(14)16(17)18)20-10-6-7-12(11-20)19(2)3/h5,8-9,12H,4,6-7,10-11H2,1-3H3,(H3,17,18). The highest BCUT2D eigenvalue weighted by Gasteiger charge is 2.24. The molecule has 1 aliphatic heterocycles. The number of rotatable bonds is 5. The van der Waals surface area contributed by atoms with E-state index >= 15 is 0 Å². The highest BCUT2D eigenvalue weighted by atomic mass is 32.2. The summed E-state index contributed by atoms with van der Waals surface area (Å²) >= 11 is 1.76. The number of anilines is 1. The van der Waals surface area contributed by atoms with Crippen molar-refractivity contribution in [2.45, 2.75) is 30.7 Å². The van der Waals surface area contributed by atoms with Gasteiger partial charge in [0.25, 0.3) is 0 Å². The molecule has 0 aliphatic carbocycles. The van der Waals surface area contributed by atoms with Gasteiger partial charge in [-0.2, -0.15) is 0 Å². The van der Waals surface area contributed by atoms with Crippen LogP contribution in [0.25, 0.3) is 0 Å². The second-order valence-electron chi connectivity index (χ2n) is 5.70. The van der Waals surface area contributed by atoms with Gasteiger partial charge in [0.05, 0.1) is 5.56 Å². The molecule has 4 nitrogen and oxygen atoms in total. The van der Waals surface area contributed by atoms with Gasteiger partial charge in [-0.05, 0) is 44.8 Å². The number of thioether (sulfide) groups is 1. The molecule has 1 heterocycles. The minimum atomic E-state index is 0.175. The molecule has 1 aromatic carbocycles. The van der Waals surface area contributed by atoms with Crippen LogP contribution in [0.3, 0.4) is 0 Å². The van der Waals surface area contributed by atoms with Gasteiger partial charge >= 0.3 is 0 Å². The van der Waals surface area contributed by atoms with Crippen molar-refractivity contribution in [1.29, 1.82) is 5.41 Å². The third-order valence-electron chi connectivity index (χ3n) is 4.04. The van der Waals surface area contributed by atoms with E-state index in [0.29, 0.717) is 6.04 Å². The second-order valence-corrected chi connectivity index (χ2v) is 7.01. The Labute approximate surface area is 132 Å². The van der Waals surface area contributed by atoms with Crippen LogP contribution >= 0.6 is 11.8 Å². The zero-order valence-corrected chi connectivity index (χ0v) is 14.0. The van der Waals surface area contributed by atoms with Crippen molar-refractivity contribution in [3.63, 3.8) is 0 Å². The maximum Gasteiger partial charge on any atom is 0.126 e. The average molecular weight is 306 g/mol. The summed E-state index contributed by atoms with van der Waals surface area (Å²) in [6.45, 7) is 4.18. The fourth-order valence-corrected chi connectivity index (χ4v) is 3.77. The molecule has 1 saturated heterocycles. The van der Waals surface area contributed by atoms with Gasteiger partial charge in [-0.15, -0.1) is 11.8 Å². The maximum atomic E-state index is 7.98. The van der Waals surface area contributed by atoms with Crippen molar-refractivity contribution in [1.82, 2.24) is 4.90 Å².